The number of likely N-dealkylation sites (N-methyl/N-ethyl adjacent to an activating group) is 2. The molecule has 3 nitrogen and oxygen atoms in total. The molecule has 0 aliphatic heterocycles. The molecule has 3 heteroatoms. The number of aliphatic hydroxyl groups excluding tert-OH is 1. The van der Waals surface area contributed by atoms with Crippen molar-refractivity contribution in [3.8, 4) is 0 Å². The lowest BCUT2D eigenvalue weighted by Gasteiger charge is -2.35. The molecule has 0 amide bonds. The molecule has 0 radical (unpaired) electrons. The highest BCUT2D eigenvalue weighted by Crippen LogP contribution is 2.21. The Labute approximate surface area is 98.1 Å². The van der Waals surface area contributed by atoms with Crippen LogP contribution in [-0.4, -0.2) is 43.8 Å². The minimum absolute atomic E-state index is 0.0951. The molecule has 0 aromatic heterocycles. The van der Waals surface area contributed by atoms with Gasteiger partial charge in [0.25, 0.3) is 0 Å². The maximum atomic E-state index is 9.69. The van der Waals surface area contributed by atoms with E-state index >= 15 is 0 Å². The predicted octanol–water partition coefficient (Wildman–Crippen LogP) is 1.05. The topological polar surface area (TPSA) is 35.5 Å². The van der Waals surface area contributed by atoms with Crippen LogP contribution in [0, 0.1) is 0 Å². The number of benzene rings is 1. The van der Waals surface area contributed by atoms with E-state index in [1.165, 1.54) is 0 Å². The van der Waals surface area contributed by atoms with Crippen LogP contribution in [-0.2, 0) is 5.54 Å². The van der Waals surface area contributed by atoms with Crippen LogP contribution in [0.4, 0.5) is 0 Å². The van der Waals surface area contributed by atoms with E-state index in [1.807, 2.05) is 25.2 Å². The molecule has 1 aromatic rings. The third kappa shape index (κ3) is 2.82. The van der Waals surface area contributed by atoms with Crippen LogP contribution >= 0.6 is 0 Å². The maximum Gasteiger partial charge on any atom is 0.0795 e. The molecule has 1 unspecified atom stereocenters. The average molecular weight is 222 g/mol. The highest BCUT2D eigenvalue weighted by atomic mass is 16.3. The maximum absolute atomic E-state index is 9.69. The Kier molecular flexibility index (Phi) is 4.93. The zero-order valence-electron chi connectivity index (χ0n) is 10.4. The number of aliphatic hydroxyl groups is 1. The fourth-order valence-electron chi connectivity index (χ4n) is 1.86. The first-order valence-electron chi connectivity index (χ1n) is 5.72. The monoisotopic (exact) mass is 222 g/mol. The third-order valence-electron chi connectivity index (χ3n) is 3.15. The van der Waals surface area contributed by atoms with Gasteiger partial charge in [0.1, 0.15) is 0 Å². The van der Waals surface area contributed by atoms with Crippen LogP contribution in [0.25, 0.3) is 0 Å². The highest BCUT2D eigenvalue weighted by Gasteiger charge is 2.30. The van der Waals surface area contributed by atoms with Crippen molar-refractivity contribution < 1.29 is 5.11 Å². The highest BCUT2D eigenvalue weighted by molar-refractivity contribution is 5.25. The van der Waals surface area contributed by atoms with Crippen LogP contribution in [0.3, 0.4) is 0 Å². The molecule has 0 aliphatic rings. The molecule has 1 aromatic carbocycles. The van der Waals surface area contributed by atoms with Crippen LogP contribution in [0.5, 0.6) is 0 Å². The fraction of sp³-hybridized carbons (Fsp3) is 0.538. The first-order valence-corrected chi connectivity index (χ1v) is 5.72. The Morgan fingerprint density at radius 3 is 2.38 bits per heavy atom. The van der Waals surface area contributed by atoms with E-state index < -0.39 is 0 Å². The van der Waals surface area contributed by atoms with Crippen LogP contribution in [0.2, 0.25) is 0 Å². The molecular weight excluding hydrogens is 200 g/mol. The van der Waals surface area contributed by atoms with Crippen LogP contribution < -0.4 is 5.32 Å². The molecule has 1 rings (SSSR count). The summed E-state index contributed by atoms with van der Waals surface area (Å²) < 4.78 is 0. The van der Waals surface area contributed by atoms with Gasteiger partial charge < -0.3 is 15.3 Å². The number of rotatable bonds is 6. The van der Waals surface area contributed by atoms with Crippen LogP contribution in [0.15, 0.2) is 30.3 Å². The van der Waals surface area contributed by atoms with Gasteiger partial charge in [-0.2, -0.15) is 0 Å². The average Bonchev–Trinajstić information content (AvgIpc) is 2.37. The van der Waals surface area contributed by atoms with Crippen molar-refractivity contribution in [1.29, 1.82) is 0 Å². The minimum Gasteiger partial charge on any atom is -0.394 e. The molecule has 2 N–H and O–H groups in total. The van der Waals surface area contributed by atoms with Gasteiger partial charge in [0, 0.05) is 6.54 Å². The predicted molar refractivity (Wildman–Crippen MR) is 67.4 cm³/mol. The zero-order valence-corrected chi connectivity index (χ0v) is 10.4. The molecule has 0 fully saturated rings. The first kappa shape index (κ1) is 13.2. The standard InChI is InChI=1S/C13H22N2O/c1-4-15(3)10-13(11-16,14-2)12-8-6-5-7-9-12/h5-9,14,16H,4,10-11H2,1-3H3. The molecule has 0 saturated carbocycles. The first-order chi connectivity index (χ1) is 7.68. The number of hydrogen-bond acceptors (Lipinski definition) is 3. The van der Waals surface area contributed by atoms with Crippen molar-refractivity contribution in [2.45, 2.75) is 12.5 Å². The van der Waals surface area contributed by atoms with Crippen molar-refractivity contribution >= 4 is 0 Å². The Balaban J connectivity index is 2.96. The second-order valence-corrected chi connectivity index (χ2v) is 4.19. The van der Waals surface area contributed by atoms with Crippen molar-refractivity contribution in [1.82, 2.24) is 10.2 Å². The zero-order chi connectivity index (χ0) is 12.0. The van der Waals surface area contributed by atoms with Gasteiger partial charge in [-0.25, -0.2) is 0 Å². The largest absolute Gasteiger partial charge is 0.394 e. The number of hydrogen-bond donors (Lipinski definition) is 2. The van der Waals surface area contributed by atoms with Gasteiger partial charge in [-0.15, -0.1) is 0 Å². The summed E-state index contributed by atoms with van der Waals surface area (Å²) in [5.41, 5.74) is 0.756. The lowest BCUT2D eigenvalue weighted by molar-refractivity contribution is 0.127. The van der Waals surface area contributed by atoms with Gasteiger partial charge in [0.05, 0.1) is 12.1 Å². The summed E-state index contributed by atoms with van der Waals surface area (Å²) >= 11 is 0. The van der Waals surface area contributed by atoms with Gasteiger partial charge in [0.2, 0.25) is 0 Å². The van der Waals surface area contributed by atoms with E-state index in [4.69, 9.17) is 0 Å². The van der Waals surface area contributed by atoms with Gasteiger partial charge in [-0.05, 0) is 26.2 Å². The molecule has 0 bridgehead atoms. The fourth-order valence-corrected chi connectivity index (χ4v) is 1.86. The Morgan fingerprint density at radius 1 is 1.31 bits per heavy atom. The molecular formula is C13H22N2O. The van der Waals surface area contributed by atoms with Crippen molar-refractivity contribution in [2.24, 2.45) is 0 Å². The van der Waals surface area contributed by atoms with Gasteiger partial charge in [-0.1, -0.05) is 37.3 Å². The second-order valence-electron chi connectivity index (χ2n) is 4.19. The summed E-state index contributed by atoms with van der Waals surface area (Å²) in [5.74, 6) is 0. The van der Waals surface area contributed by atoms with E-state index in [2.05, 4.69) is 36.3 Å². The summed E-state index contributed by atoms with van der Waals surface area (Å²) in [6.07, 6.45) is 0. The molecule has 0 spiro atoms. The summed E-state index contributed by atoms with van der Waals surface area (Å²) in [6.45, 7) is 3.97. The van der Waals surface area contributed by atoms with Gasteiger partial charge in [-0.3, -0.25) is 0 Å². The van der Waals surface area contributed by atoms with Crippen molar-refractivity contribution in [3.05, 3.63) is 35.9 Å². The van der Waals surface area contributed by atoms with Gasteiger partial charge in [0.15, 0.2) is 0 Å². The SMILES string of the molecule is CCN(C)CC(CO)(NC)c1ccccc1. The Hall–Kier alpha value is -0.900. The lowest BCUT2D eigenvalue weighted by atomic mass is 9.90. The second kappa shape index (κ2) is 5.99. The van der Waals surface area contributed by atoms with Crippen LogP contribution in [0.1, 0.15) is 12.5 Å². The van der Waals surface area contributed by atoms with E-state index in [1.54, 1.807) is 0 Å². The lowest BCUT2D eigenvalue weighted by Crippen LogP contribution is -2.51. The third-order valence-corrected chi connectivity index (χ3v) is 3.15. The number of nitrogens with zero attached hydrogens (tertiary/aromatic N) is 1. The summed E-state index contributed by atoms with van der Waals surface area (Å²) in [4.78, 5) is 2.19. The smallest absolute Gasteiger partial charge is 0.0795 e. The molecule has 0 aliphatic carbocycles. The number of nitrogens with one attached hydrogen (secondary N) is 1. The van der Waals surface area contributed by atoms with E-state index in [0.29, 0.717) is 0 Å². The summed E-state index contributed by atoms with van der Waals surface area (Å²) in [7, 11) is 3.96. The van der Waals surface area contributed by atoms with E-state index in [-0.39, 0.29) is 12.1 Å². The summed E-state index contributed by atoms with van der Waals surface area (Å²) in [5, 5.41) is 12.9. The molecule has 0 heterocycles. The van der Waals surface area contributed by atoms with Crippen molar-refractivity contribution in [2.75, 3.05) is 33.8 Å². The molecule has 0 saturated heterocycles. The Morgan fingerprint density at radius 2 is 1.94 bits per heavy atom. The van der Waals surface area contributed by atoms with E-state index in [0.717, 1.165) is 18.7 Å². The quantitative estimate of drug-likeness (QED) is 0.755. The molecule has 16 heavy (non-hydrogen) atoms. The van der Waals surface area contributed by atoms with E-state index in [9.17, 15) is 5.11 Å². The molecule has 1 atom stereocenters. The minimum atomic E-state index is -0.369. The normalized spacial score (nSPS) is 15.1. The Bertz CT molecular complexity index is 296. The van der Waals surface area contributed by atoms with Gasteiger partial charge >= 0.3 is 0 Å². The van der Waals surface area contributed by atoms with Crippen molar-refractivity contribution in [3.63, 3.8) is 0 Å². The summed E-state index contributed by atoms with van der Waals surface area (Å²) in [6, 6.07) is 10.1. The molecule has 90 valence electrons.